The molecule has 0 aliphatic heterocycles. The van der Waals surface area contributed by atoms with E-state index in [0.717, 1.165) is 22.2 Å². The number of aromatic amines is 1. The first-order chi connectivity index (χ1) is 15.1. The molecule has 7 heteroatoms. The van der Waals surface area contributed by atoms with Crippen molar-refractivity contribution in [2.75, 3.05) is 7.11 Å². The van der Waals surface area contributed by atoms with Gasteiger partial charge in [-0.1, -0.05) is 30.3 Å². The van der Waals surface area contributed by atoms with Gasteiger partial charge in [0.1, 0.15) is 11.5 Å². The Morgan fingerprint density at radius 3 is 2.68 bits per heavy atom. The fourth-order valence-electron chi connectivity index (χ4n) is 3.35. The van der Waals surface area contributed by atoms with E-state index in [9.17, 15) is 4.79 Å². The van der Waals surface area contributed by atoms with Crippen LogP contribution in [-0.2, 0) is 19.6 Å². The molecule has 31 heavy (non-hydrogen) atoms. The van der Waals surface area contributed by atoms with Crippen molar-refractivity contribution >= 4 is 28.2 Å². The highest BCUT2D eigenvalue weighted by atomic mass is 32.1. The Balaban J connectivity index is 1.57. The topological polar surface area (TPSA) is 70.5 Å². The second-order valence-electron chi connectivity index (χ2n) is 7.16. The lowest BCUT2D eigenvalue weighted by atomic mass is 10.1. The second kappa shape index (κ2) is 9.49. The molecule has 6 nitrogen and oxygen atoms in total. The average molecular weight is 434 g/mol. The summed E-state index contributed by atoms with van der Waals surface area (Å²) in [5.41, 5.74) is 2.32. The van der Waals surface area contributed by atoms with Crippen LogP contribution in [0.2, 0.25) is 0 Å². The van der Waals surface area contributed by atoms with E-state index < -0.39 is 0 Å². The highest BCUT2D eigenvalue weighted by molar-refractivity contribution is 7.80. The summed E-state index contributed by atoms with van der Waals surface area (Å²) in [5, 5.41) is 4.77. The number of rotatable bonds is 7. The van der Waals surface area contributed by atoms with E-state index in [1.54, 1.807) is 13.4 Å². The Morgan fingerprint density at radius 2 is 1.94 bits per heavy atom. The maximum absolute atomic E-state index is 12.8. The van der Waals surface area contributed by atoms with Gasteiger partial charge in [-0.15, -0.1) is 0 Å². The van der Waals surface area contributed by atoms with Crippen LogP contribution in [0.3, 0.4) is 0 Å². The Labute approximate surface area is 185 Å². The van der Waals surface area contributed by atoms with Gasteiger partial charge in [0, 0.05) is 18.2 Å². The van der Waals surface area contributed by atoms with Crippen LogP contribution in [0.15, 0.2) is 82.2 Å². The lowest BCUT2D eigenvalue weighted by Crippen LogP contribution is -2.39. The number of nitrogens with one attached hydrogen (secondary N) is 2. The van der Waals surface area contributed by atoms with Crippen LogP contribution in [0.25, 0.3) is 10.9 Å². The van der Waals surface area contributed by atoms with Gasteiger partial charge in [-0.25, -0.2) is 0 Å². The summed E-state index contributed by atoms with van der Waals surface area (Å²) in [4.78, 5) is 17.6. The number of ether oxygens (including phenoxy) is 1. The van der Waals surface area contributed by atoms with Crippen LogP contribution in [0.5, 0.6) is 5.75 Å². The molecule has 0 bridgehead atoms. The number of hydrogen-bond acceptors (Lipinski definition) is 4. The number of hydrogen-bond donors (Lipinski definition) is 2. The van der Waals surface area contributed by atoms with Crippen molar-refractivity contribution in [1.29, 1.82) is 0 Å². The largest absolute Gasteiger partial charge is 0.497 e. The first kappa shape index (κ1) is 20.7. The molecule has 0 saturated carbocycles. The maximum atomic E-state index is 12.8. The van der Waals surface area contributed by atoms with Gasteiger partial charge in [-0.05, 0) is 53.5 Å². The number of methoxy groups -OCH3 is 1. The quantitative estimate of drug-likeness (QED) is 0.426. The fraction of sp³-hybridized carbons (Fsp3) is 0.167. The fourth-order valence-corrected chi connectivity index (χ4v) is 3.55. The Hall–Kier alpha value is -3.58. The lowest BCUT2D eigenvalue weighted by molar-refractivity contribution is 0.350. The molecule has 158 valence electrons. The third-order valence-electron chi connectivity index (χ3n) is 4.99. The van der Waals surface area contributed by atoms with Crippen LogP contribution in [-0.4, -0.2) is 22.1 Å². The standard InChI is InChI=1S/C24H23N3O3S/c1-29-20-10-9-18-12-19(23(28)26-22(18)13-20)15-27(16-21-8-5-11-30-21)24(31)25-14-17-6-3-2-4-7-17/h2-13H,14-16H2,1H3,(H,25,31)(H,26,28). The van der Waals surface area contributed by atoms with Crippen molar-refractivity contribution in [1.82, 2.24) is 15.2 Å². The molecule has 0 aliphatic rings. The molecule has 0 radical (unpaired) electrons. The zero-order valence-electron chi connectivity index (χ0n) is 17.1. The highest BCUT2D eigenvalue weighted by Gasteiger charge is 2.15. The number of nitrogens with zero attached hydrogens (tertiary/aromatic N) is 1. The Kier molecular flexibility index (Phi) is 6.33. The SMILES string of the molecule is COc1ccc2cc(CN(Cc3ccco3)C(=S)NCc3ccccc3)c(=O)[nH]c2c1. The van der Waals surface area contributed by atoms with E-state index in [1.165, 1.54) is 0 Å². The molecule has 2 heterocycles. The smallest absolute Gasteiger partial charge is 0.253 e. The summed E-state index contributed by atoms with van der Waals surface area (Å²) in [5.74, 6) is 1.47. The molecule has 4 aromatic rings. The molecule has 2 N–H and O–H groups in total. The second-order valence-corrected chi connectivity index (χ2v) is 7.54. The maximum Gasteiger partial charge on any atom is 0.253 e. The predicted molar refractivity (Wildman–Crippen MR) is 125 cm³/mol. The van der Waals surface area contributed by atoms with Crippen molar-refractivity contribution < 1.29 is 9.15 Å². The van der Waals surface area contributed by atoms with E-state index in [0.29, 0.717) is 36.1 Å². The van der Waals surface area contributed by atoms with Crippen LogP contribution in [0.1, 0.15) is 16.9 Å². The van der Waals surface area contributed by atoms with Crippen molar-refractivity contribution in [2.24, 2.45) is 0 Å². The average Bonchev–Trinajstić information content (AvgIpc) is 3.31. The van der Waals surface area contributed by atoms with Crippen LogP contribution < -0.4 is 15.6 Å². The molecule has 2 aromatic carbocycles. The molecule has 0 fully saturated rings. The minimum Gasteiger partial charge on any atom is -0.497 e. The minimum atomic E-state index is -0.156. The van der Waals surface area contributed by atoms with E-state index in [-0.39, 0.29) is 5.56 Å². The zero-order chi connectivity index (χ0) is 21.6. The third kappa shape index (κ3) is 5.13. The van der Waals surface area contributed by atoms with Gasteiger partial charge < -0.3 is 24.4 Å². The predicted octanol–water partition coefficient (Wildman–Crippen LogP) is 4.21. The Morgan fingerprint density at radius 1 is 1.10 bits per heavy atom. The molecule has 0 saturated heterocycles. The first-order valence-corrected chi connectivity index (χ1v) is 10.3. The van der Waals surface area contributed by atoms with Crippen LogP contribution in [0, 0.1) is 0 Å². The molecule has 0 spiro atoms. The number of pyridine rings is 1. The third-order valence-corrected chi connectivity index (χ3v) is 5.39. The van der Waals surface area contributed by atoms with E-state index >= 15 is 0 Å². The number of thiocarbonyl (C=S) groups is 1. The zero-order valence-corrected chi connectivity index (χ0v) is 17.9. The molecule has 0 unspecified atom stereocenters. The van der Waals surface area contributed by atoms with E-state index in [1.807, 2.05) is 71.6 Å². The number of H-pyrrole nitrogens is 1. The summed E-state index contributed by atoms with van der Waals surface area (Å²) < 4.78 is 10.8. The van der Waals surface area contributed by atoms with E-state index in [2.05, 4.69) is 10.3 Å². The normalized spacial score (nSPS) is 10.7. The number of benzene rings is 2. The molecule has 0 atom stereocenters. The number of fused-ring (bicyclic) bond motifs is 1. The molecule has 0 amide bonds. The summed E-state index contributed by atoms with van der Waals surface area (Å²) in [6.45, 7) is 1.40. The van der Waals surface area contributed by atoms with E-state index in [4.69, 9.17) is 21.4 Å². The summed E-state index contributed by atoms with van der Waals surface area (Å²) in [6.07, 6.45) is 1.63. The van der Waals surface area contributed by atoms with Gasteiger partial charge >= 0.3 is 0 Å². The highest BCUT2D eigenvalue weighted by Crippen LogP contribution is 2.19. The molecule has 4 rings (SSSR count). The number of furan rings is 1. The van der Waals surface area contributed by atoms with Crippen molar-refractivity contribution in [2.45, 2.75) is 19.6 Å². The Bertz CT molecular complexity index is 1220. The van der Waals surface area contributed by atoms with Gasteiger partial charge in [-0.2, -0.15) is 0 Å². The first-order valence-electron chi connectivity index (χ1n) is 9.91. The molecule has 2 aromatic heterocycles. The van der Waals surface area contributed by atoms with Gasteiger partial charge in [0.2, 0.25) is 0 Å². The molecule has 0 aliphatic carbocycles. The van der Waals surface area contributed by atoms with Crippen LogP contribution >= 0.6 is 12.2 Å². The monoisotopic (exact) mass is 433 g/mol. The molecular weight excluding hydrogens is 410 g/mol. The lowest BCUT2D eigenvalue weighted by Gasteiger charge is -2.25. The summed E-state index contributed by atoms with van der Waals surface area (Å²) in [7, 11) is 1.60. The number of aromatic nitrogens is 1. The summed E-state index contributed by atoms with van der Waals surface area (Å²) in [6, 6.07) is 21.3. The van der Waals surface area contributed by atoms with Gasteiger partial charge in [0.25, 0.3) is 5.56 Å². The summed E-state index contributed by atoms with van der Waals surface area (Å²) >= 11 is 5.66. The van der Waals surface area contributed by atoms with Gasteiger partial charge in [0.15, 0.2) is 5.11 Å². The van der Waals surface area contributed by atoms with Crippen molar-refractivity contribution in [3.63, 3.8) is 0 Å². The van der Waals surface area contributed by atoms with Gasteiger partial charge in [-0.3, -0.25) is 4.79 Å². The van der Waals surface area contributed by atoms with Crippen LogP contribution in [0.4, 0.5) is 0 Å². The van der Waals surface area contributed by atoms with Crippen molar-refractivity contribution in [3.05, 3.63) is 100 Å². The minimum absolute atomic E-state index is 0.156. The van der Waals surface area contributed by atoms with Crippen molar-refractivity contribution in [3.8, 4) is 5.75 Å². The van der Waals surface area contributed by atoms with Gasteiger partial charge in [0.05, 0.1) is 32.0 Å². The molecular formula is C24H23N3O3S.